The number of piperazine rings is 1. The summed E-state index contributed by atoms with van der Waals surface area (Å²) in [5.74, 6) is 0. The number of anilines is 1. The first kappa shape index (κ1) is 14.3. The quantitative estimate of drug-likeness (QED) is 0.734. The lowest BCUT2D eigenvalue weighted by molar-refractivity contribution is 0.250. The Morgan fingerprint density at radius 1 is 0.826 bits per heavy atom. The minimum Gasteiger partial charge on any atom is -0.369 e. The largest absolute Gasteiger partial charge is 0.369 e. The third kappa shape index (κ3) is 2.84. The lowest BCUT2D eigenvalue weighted by atomic mass is 10.1. The van der Waals surface area contributed by atoms with Crippen molar-refractivity contribution < 1.29 is 0 Å². The monoisotopic (exact) mass is 305 g/mol. The molecule has 3 aromatic rings. The Bertz CT molecular complexity index is 783. The molecule has 0 bridgehead atoms. The van der Waals surface area contributed by atoms with Crippen molar-refractivity contribution in [2.24, 2.45) is 7.05 Å². The van der Waals surface area contributed by atoms with Crippen LogP contribution >= 0.6 is 0 Å². The predicted octanol–water partition coefficient (Wildman–Crippen LogP) is 3.50. The molecule has 0 atom stereocenters. The molecule has 0 aliphatic carbocycles. The van der Waals surface area contributed by atoms with Gasteiger partial charge in [-0.2, -0.15) is 0 Å². The molecule has 1 aromatic heterocycles. The molecule has 3 heteroatoms. The van der Waals surface area contributed by atoms with Crippen LogP contribution in [0, 0.1) is 0 Å². The fraction of sp³-hybridized carbons (Fsp3) is 0.300. The number of aromatic nitrogens is 1. The molecule has 0 saturated carbocycles. The highest BCUT2D eigenvalue weighted by Gasteiger charge is 2.18. The Balaban J connectivity index is 1.45. The first-order valence-electron chi connectivity index (χ1n) is 8.36. The Kier molecular flexibility index (Phi) is 3.80. The molecule has 1 aliphatic heterocycles. The van der Waals surface area contributed by atoms with E-state index in [4.69, 9.17) is 0 Å². The third-order valence-corrected chi connectivity index (χ3v) is 4.87. The van der Waals surface area contributed by atoms with Crippen molar-refractivity contribution in [2.45, 2.75) is 6.54 Å². The topological polar surface area (TPSA) is 11.4 Å². The SMILES string of the molecule is Cn1cc(CN2CCN(c3ccccc3)CC2)c2ccccc21. The van der Waals surface area contributed by atoms with Gasteiger partial charge in [-0.15, -0.1) is 0 Å². The summed E-state index contributed by atoms with van der Waals surface area (Å²) in [5.41, 5.74) is 4.11. The van der Waals surface area contributed by atoms with Gasteiger partial charge in [0.15, 0.2) is 0 Å². The summed E-state index contributed by atoms with van der Waals surface area (Å²) in [6, 6.07) is 19.4. The normalized spacial score (nSPS) is 16.1. The fourth-order valence-corrected chi connectivity index (χ4v) is 3.60. The molecule has 118 valence electrons. The second kappa shape index (κ2) is 6.09. The van der Waals surface area contributed by atoms with Crippen molar-refractivity contribution in [1.82, 2.24) is 9.47 Å². The van der Waals surface area contributed by atoms with Crippen molar-refractivity contribution in [2.75, 3.05) is 31.1 Å². The Hall–Kier alpha value is -2.26. The molecule has 2 aromatic carbocycles. The van der Waals surface area contributed by atoms with Crippen LogP contribution in [0.4, 0.5) is 5.69 Å². The Labute approximate surface area is 137 Å². The number of para-hydroxylation sites is 2. The van der Waals surface area contributed by atoms with E-state index in [2.05, 4.69) is 82.2 Å². The summed E-state index contributed by atoms with van der Waals surface area (Å²) < 4.78 is 2.24. The number of rotatable bonds is 3. The minimum absolute atomic E-state index is 1.05. The van der Waals surface area contributed by atoms with Crippen molar-refractivity contribution in [1.29, 1.82) is 0 Å². The summed E-state index contributed by atoms with van der Waals surface area (Å²) in [4.78, 5) is 5.06. The zero-order valence-corrected chi connectivity index (χ0v) is 13.7. The van der Waals surface area contributed by atoms with Gasteiger partial charge in [-0.3, -0.25) is 4.90 Å². The van der Waals surface area contributed by atoms with Crippen LogP contribution in [0.1, 0.15) is 5.56 Å². The maximum Gasteiger partial charge on any atom is 0.0481 e. The van der Waals surface area contributed by atoms with Crippen LogP contribution in [0.5, 0.6) is 0 Å². The number of fused-ring (bicyclic) bond motifs is 1. The van der Waals surface area contributed by atoms with Crippen molar-refractivity contribution in [3.8, 4) is 0 Å². The van der Waals surface area contributed by atoms with Gasteiger partial charge in [0.25, 0.3) is 0 Å². The smallest absolute Gasteiger partial charge is 0.0481 e. The van der Waals surface area contributed by atoms with E-state index in [-0.39, 0.29) is 0 Å². The van der Waals surface area contributed by atoms with Crippen LogP contribution in [0.3, 0.4) is 0 Å². The zero-order valence-electron chi connectivity index (χ0n) is 13.7. The average Bonchev–Trinajstić information content (AvgIpc) is 2.93. The lowest BCUT2D eigenvalue weighted by Gasteiger charge is -2.36. The molecule has 1 aliphatic rings. The van der Waals surface area contributed by atoms with E-state index in [1.807, 2.05) is 0 Å². The summed E-state index contributed by atoms with van der Waals surface area (Å²) in [5, 5.41) is 1.39. The molecule has 1 saturated heterocycles. The van der Waals surface area contributed by atoms with Gasteiger partial charge in [0.1, 0.15) is 0 Å². The van der Waals surface area contributed by atoms with E-state index in [9.17, 15) is 0 Å². The first-order valence-corrected chi connectivity index (χ1v) is 8.36. The standard InChI is InChI=1S/C20H23N3/c1-21-15-17(19-9-5-6-10-20(19)21)16-22-11-13-23(14-12-22)18-7-3-2-4-8-18/h2-10,15H,11-14,16H2,1H3. The van der Waals surface area contributed by atoms with Crippen LogP contribution in [0.25, 0.3) is 10.9 Å². The summed E-state index contributed by atoms with van der Waals surface area (Å²) in [6.45, 7) is 5.50. The summed E-state index contributed by atoms with van der Waals surface area (Å²) >= 11 is 0. The summed E-state index contributed by atoms with van der Waals surface area (Å²) in [7, 11) is 2.14. The lowest BCUT2D eigenvalue weighted by Crippen LogP contribution is -2.45. The molecular weight excluding hydrogens is 282 g/mol. The van der Waals surface area contributed by atoms with Gasteiger partial charge in [0, 0.05) is 62.6 Å². The van der Waals surface area contributed by atoms with Gasteiger partial charge in [-0.1, -0.05) is 36.4 Å². The molecule has 3 nitrogen and oxygen atoms in total. The van der Waals surface area contributed by atoms with E-state index in [1.165, 1.54) is 22.2 Å². The molecule has 1 fully saturated rings. The van der Waals surface area contributed by atoms with Crippen LogP contribution in [0.2, 0.25) is 0 Å². The predicted molar refractivity (Wildman–Crippen MR) is 96.9 cm³/mol. The fourth-order valence-electron chi connectivity index (χ4n) is 3.60. The van der Waals surface area contributed by atoms with Crippen molar-refractivity contribution in [3.05, 3.63) is 66.4 Å². The highest BCUT2D eigenvalue weighted by Crippen LogP contribution is 2.23. The van der Waals surface area contributed by atoms with Gasteiger partial charge in [0.2, 0.25) is 0 Å². The number of hydrogen-bond donors (Lipinski definition) is 0. The maximum absolute atomic E-state index is 2.57. The van der Waals surface area contributed by atoms with E-state index in [0.29, 0.717) is 0 Å². The number of hydrogen-bond acceptors (Lipinski definition) is 2. The first-order chi connectivity index (χ1) is 11.3. The minimum atomic E-state index is 1.05. The van der Waals surface area contributed by atoms with Crippen LogP contribution in [0.15, 0.2) is 60.8 Å². The average molecular weight is 305 g/mol. The Morgan fingerprint density at radius 2 is 1.52 bits per heavy atom. The van der Waals surface area contributed by atoms with Crippen LogP contribution in [-0.4, -0.2) is 35.6 Å². The Morgan fingerprint density at radius 3 is 2.30 bits per heavy atom. The van der Waals surface area contributed by atoms with Crippen molar-refractivity contribution in [3.63, 3.8) is 0 Å². The molecule has 0 spiro atoms. The van der Waals surface area contributed by atoms with E-state index >= 15 is 0 Å². The van der Waals surface area contributed by atoms with Gasteiger partial charge in [-0.05, 0) is 23.8 Å². The third-order valence-electron chi connectivity index (χ3n) is 4.87. The summed E-state index contributed by atoms with van der Waals surface area (Å²) in [6.07, 6.45) is 2.29. The van der Waals surface area contributed by atoms with E-state index < -0.39 is 0 Å². The highest BCUT2D eigenvalue weighted by molar-refractivity contribution is 5.83. The molecule has 0 radical (unpaired) electrons. The van der Waals surface area contributed by atoms with E-state index in [0.717, 1.165) is 32.7 Å². The zero-order chi connectivity index (χ0) is 15.6. The second-order valence-corrected chi connectivity index (χ2v) is 6.38. The van der Waals surface area contributed by atoms with Gasteiger partial charge >= 0.3 is 0 Å². The second-order valence-electron chi connectivity index (χ2n) is 6.38. The highest BCUT2D eigenvalue weighted by atomic mass is 15.3. The molecular formula is C20H23N3. The van der Waals surface area contributed by atoms with Crippen LogP contribution in [-0.2, 0) is 13.6 Å². The van der Waals surface area contributed by atoms with Crippen molar-refractivity contribution >= 4 is 16.6 Å². The number of benzene rings is 2. The van der Waals surface area contributed by atoms with Gasteiger partial charge < -0.3 is 9.47 Å². The van der Waals surface area contributed by atoms with E-state index in [1.54, 1.807) is 0 Å². The maximum atomic E-state index is 2.57. The molecule has 0 unspecified atom stereocenters. The van der Waals surface area contributed by atoms with Crippen LogP contribution < -0.4 is 4.90 Å². The number of aryl methyl sites for hydroxylation is 1. The van der Waals surface area contributed by atoms with Gasteiger partial charge in [0.05, 0.1) is 0 Å². The molecule has 2 heterocycles. The molecule has 0 N–H and O–H groups in total. The molecule has 4 rings (SSSR count). The van der Waals surface area contributed by atoms with Gasteiger partial charge in [-0.25, -0.2) is 0 Å². The number of nitrogens with zero attached hydrogens (tertiary/aromatic N) is 3. The molecule has 23 heavy (non-hydrogen) atoms. The molecule has 0 amide bonds.